The van der Waals surface area contributed by atoms with Gasteiger partial charge in [-0.05, 0) is 25.0 Å². The van der Waals surface area contributed by atoms with Crippen LogP contribution in [0, 0.1) is 5.82 Å². The van der Waals surface area contributed by atoms with Gasteiger partial charge in [-0.15, -0.1) is 0 Å². The first-order valence-corrected chi connectivity index (χ1v) is 9.79. The largest absolute Gasteiger partial charge is 0.381 e. The number of carbonyl (C=O) groups is 2. The fourth-order valence-corrected chi connectivity index (χ4v) is 3.48. The maximum Gasteiger partial charge on any atom is 0.287 e. The molecule has 4 heterocycles. The fraction of sp³-hybridized carbons (Fsp3) is 0.350. The van der Waals surface area contributed by atoms with Crippen molar-refractivity contribution < 1.29 is 18.7 Å². The third-order valence-corrected chi connectivity index (χ3v) is 5.17. The zero-order valence-electron chi connectivity index (χ0n) is 16.8. The van der Waals surface area contributed by atoms with E-state index in [0.717, 1.165) is 10.7 Å². The van der Waals surface area contributed by atoms with Gasteiger partial charge in [0.15, 0.2) is 0 Å². The third kappa shape index (κ3) is 4.45. The topological polar surface area (TPSA) is 122 Å². The Labute approximate surface area is 176 Å². The van der Waals surface area contributed by atoms with Crippen molar-refractivity contribution in [2.45, 2.75) is 25.3 Å². The molecule has 0 spiro atoms. The molecule has 0 unspecified atom stereocenters. The average molecular weight is 428 g/mol. The molecule has 1 saturated heterocycles. The number of aromatic nitrogens is 4. The lowest BCUT2D eigenvalue weighted by atomic mass is 10.1. The molecule has 0 radical (unpaired) electrons. The van der Waals surface area contributed by atoms with E-state index < -0.39 is 23.2 Å². The van der Waals surface area contributed by atoms with Crippen LogP contribution in [0.1, 0.15) is 28.9 Å². The van der Waals surface area contributed by atoms with Gasteiger partial charge in [0.2, 0.25) is 5.91 Å². The van der Waals surface area contributed by atoms with Crippen LogP contribution in [0.2, 0.25) is 0 Å². The van der Waals surface area contributed by atoms with Gasteiger partial charge >= 0.3 is 0 Å². The van der Waals surface area contributed by atoms with Crippen LogP contribution in [0.15, 0.2) is 35.4 Å². The summed E-state index contributed by atoms with van der Waals surface area (Å²) in [6.45, 7) is 1.16. The minimum absolute atomic E-state index is 0.00768. The Morgan fingerprint density at radius 3 is 2.84 bits per heavy atom. The number of hydrogen-bond acceptors (Lipinski definition) is 6. The SMILES string of the molecule is CN(C(=O)c1c[nH]c2cc(CC(=O)Nc3ccc(F)cn3)nn2c1=O)C1CCOCC1. The van der Waals surface area contributed by atoms with Crippen molar-refractivity contribution in [2.24, 2.45) is 0 Å². The Balaban J connectivity index is 1.51. The smallest absolute Gasteiger partial charge is 0.287 e. The van der Waals surface area contributed by atoms with Gasteiger partial charge in [-0.1, -0.05) is 0 Å². The molecular weight excluding hydrogens is 407 g/mol. The second-order valence-corrected chi connectivity index (χ2v) is 7.29. The molecule has 0 atom stereocenters. The Kier molecular flexibility index (Phi) is 5.76. The predicted molar refractivity (Wildman–Crippen MR) is 108 cm³/mol. The quantitative estimate of drug-likeness (QED) is 0.625. The lowest BCUT2D eigenvalue weighted by Crippen LogP contribution is -2.42. The summed E-state index contributed by atoms with van der Waals surface area (Å²) in [5, 5.41) is 6.70. The van der Waals surface area contributed by atoms with E-state index in [9.17, 15) is 18.8 Å². The Hall–Kier alpha value is -3.60. The maximum absolute atomic E-state index is 12.9. The van der Waals surface area contributed by atoms with Gasteiger partial charge in [-0.25, -0.2) is 9.37 Å². The summed E-state index contributed by atoms with van der Waals surface area (Å²) in [6, 6.07) is 4.08. The van der Waals surface area contributed by atoms with E-state index in [0.29, 0.717) is 37.4 Å². The van der Waals surface area contributed by atoms with Gasteiger partial charge in [0.1, 0.15) is 22.8 Å². The molecule has 4 rings (SSSR count). The van der Waals surface area contributed by atoms with Crippen LogP contribution < -0.4 is 10.9 Å². The molecule has 1 fully saturated rings. The number of nitrogens with one attached hydrogen (secondary N) is 2. The van der Waals surface area contributed by atoms with E-state index in [1.165, 1.54) is 18.3 Å². The second kappa shape index (κ2) is 8.64. The first-order chi connectivity index (χ1) is 14.9. The molecule has 2 amide bonds. The summed E-state index contributed by atoms with van der Waals surface area (Å²) >= 11 is 0. The highest BCUT2D eigenvalue weighted by Crippen LogP contribution is 2.15. The van der Waals surface area contributed by atoms with Crippen molar-refractivity contribution in [3.63, 3.8) is 0 Å². The number of aromatic amines is 1. The first kappa shape index (κ1) is 20.7. The molecule has 162 valence electrons. The number of ether oxygens (including phenoxy) is 1. The molecule has 1 aliphatic heterocycles. The van der Waals surface area contributed by atoms with E-state index in [1.807, 2.05) is 0 Å². The number of anilines is 1. The van der Waals surface area contributed by atoms with Gasteiger partial charge in [0.25, 0.3) is 11.5 Å². The van der Waals surface area contributed by atoms with E-state index in [2.05, 4.69) is 20.4 Å². The van der Waals surface area contributed by atoms with Crippen molar-refractivity contribution in [2.75, 3.05) is 25.6 Å². The lowest BCUT2D eigenvalue weighted by Gasteiger charge is -2.31. The van der Waals surface area contributed by atoms with E-state index in [4.69, 9.17) is 4.74 Å². The number of carbonyl (C=O) groups excluding carboxylic acids is 2. The van der Waals surface area contributed by atoms with Crippen molar-refractivity contribution >= 4 is 23.3 Å². The normalized spacial score (nSPS) is 14.5. The molecule has 1 aliphatic rings. The van der Waals surface area contributed by atoms with Gasteiger partial charge in [0, 0.05) is 38.6 Å². The molecule has 10 nitrogen and oxygen atoms in total. The number of hydrogen-bond donors (Lipinski definition) is 2. The summed E-state index contributed by atoms with van der Waals surface area (Å²) in [5.41, 5.74) is 0.0916. The maximum atomic E-state index is 12.9. The van der Waals surface area contributed by atoms with Crippen molar-refractivity contribution in [3.8, 4) is 0 Å². The number of rotatable bonds is 5. The van der Waals surface area contributed by atoms with E-state index in [1.54, 1.807) is 18.0 Å². The van der Waals surface area contributed by atoms with E-state index in [-0.39, 0.29) is 23.8 Å². The van der Waals surface area contributed by atoms with E-state index >= 15 is 0 Å². The van der Waals surface area contributed by atoms with Crippen molar-refractivity contribution in [3.05, 3.63) is 58.0 Å². The zero-order valence-corrected chi connectivity index (χ0v) is 16.8. The van der Waals surface area contributed by atoms with Gasteiger partial charge in [0.05, 0.1) is 18.3 Å². The first-order valence-electron chi connectivity index (χ1n) is 9.79. The van der Waals surface area contributed by atoms with Gasteiger partial charge in [-0.2, -0.15) is 9.61 Å². The Morgan fingerprint density at radius 1 is 1.35 bits per heavy atom. The third-order valence-electron chi connectivity index (χ3n) is 5.17. The predicted octanol–water partition coefficient (Wildman–Crippen LogP) is 0.989. The number of H-pyrrole nitrogens is 1. The second-order valence-electron chi connectivity index (χ2n) is 7.29. The Bertz CT molecular complexity index is 1170. The fourth-order valence-electron chi connectivity index (χ4n) is 3.48. The summed E-state index contributed by atoms with van der Waals surface area (Å²) < 4.78 is 19.3. The molecule has 3 aromatic heterocycles. The summed E-state index contributed by atoms with van der Waals surface area (Å²) in [4.78, 5) is 46.1. The standard InChI is InChI=1S/C20H21FN6O4/c1-26(14-4-6-31-7-5-14)19(29)15-11-23-17-8-13(25-27(17)20(15)30)9-18(28)24-16-3-2-12(21)10-22-16/h2-3,8,10-11,14,23H,4-7,9H2,1H3,(H,22,24,28). The van der Waals surface area contributed by atoms with Crippen LogP contribution in [0.25, 0.3) is 5.65 Å². The van der Waals surface area contributed by atoms with Crippen LogP contribution in [-0.2, 0) is 16.0 Å². The van der Waals surface area contributed by atoms with Crippen LogP contribution in [0.5, 0.6) is 0 Å². The highest BCUT2D eigenvalue weighted by molar-refractivity contribution is 5.94. The molecule has 0 bridgehead atoms. The van der Waals surface area contributed by atoms with Crippen LogP contribution in [0.3, 0.4) is 0 Å². The summed E-state index contributed by atoms with van der Waals surface area (Å²) in [7, 11) is 1.67. The minimum Gasteiger partial charge on any atom is -0.381 e. The van der Waals surface area contributed by atoms with Gasteiger partial charge < -0.3 is 19.9 Å². The lowest BCUT2D eigenvalue weighted by molar-refractivity contribution is -0.115. The molecule has 2 N–H and O–H groups in total. The zero-order chi connectivity index (χ0) is 22.0. The number of halogens is 1. The van der Waals surface area contributed by atoms with Crippen molar-refractivity contribution in [1.82, 2.24) is 24.5 Å². The molecule has 3 aromatic rings. The summed E-state index contributed by atoms with van der Waals surface area (Å²) in [5.74, 6) is -1.13. The number of pyridine rings is 1. The highest BCUT2D eigenvalue weighted by Gasteiger charge is 2.26. The Morgan fingerprint density at radius 2 is 2.13 bits per heavy atom. The molecule has 11 heteroatoms. The monoisotopic (exact) mass is 428 g/mol. The number of fused-ring (bicyclic) bond motifs is 1. The minimum atomic E-state index is -0.565. The molecule has 0 aromatic carbocycles. The van der Waals surface area contributed by atoms with Crippen LogP contribution in [0.4, 0.5) is 10.2 Å². The molecule has 31 heavy (non-hydrogen) atoms. The highest BCUT2D eigenvalue weighted by atomic mass is 19.1. The number of amides is 2. The average Bonchev–Trinajstić information content (AvgIpc) is 3.18. The summed E-state index contributed by atoms with van der Waals surface area (Å²) in [6.07, 6.45) is 3.66. The molecule has 0 aliphatic carbocycles. The van der Waals surface area contributed by atoms with Gasteiger partial charge in [-0.3, -0.25) is 14.4 Å². The molecular formula is C20H21FN6O4. The van der Waals surface area contributed by atoms with Crippen LogP contribution >= 0.6 is 0 Å². The molecule has 0 saturated carbocycles. The van der Waals surface area contributed by atoms with Crippen LogP contribution in [-0.4, -0.2) is 62.6 Å². The number of nitrogens with zero attached hydrogens (tertiary/aromatic N) is 4. The van der Waals surface area contributed by atoms with Crippen molar-refractivity contribution in [1.29, 1.82) is 0 Å².